The van der Waals surface area contributed by atoms with Gasteiger partial charge in [0.15, 0.2) is 0 Å². The summed E-state index contributed by atoms with van der Waals surface area (Å²) in [7, 11) is 1.57. The number of hydrogen-bond donors (Lipinski definition) is 2. The lowest BCUT2D eigenvalue weighted by molar-refractivity contribution is -0.119. The Morgan fingerprint density at radius 1 is 1.65 bits per heavy atom. The number of nitrogens with one attached hydrogen (secondary N) is 1. The zero-order valence-corrected chi connectivity index (χ0v) is 12.3. The van der Waals surface area contributed by atoms with Crippen LogP contribution in [0.4, 0.5) is 0 Å². The summed E-state index contributed by atoms with van der Waals surface area (Å²) in [5, 5.41) is 16.0. The number of carbonyl (C=O) groups excluding carboxylic acids is 1. The zero-order chi connectivity index (χ0) is 15.0. The largest absolute Gasteiger partial charge is 0.396 e. The first kappa shape index (κ1) is 16.4. The first-order chi connectivity index (χ1) is 9.54. The van der Waals surface area contributed by atoms with Crippen LogP contribution in [0.5, 0.6) is 0 Å². The number of aliphatic hydroxyl groups excluding tert-OH is 1. The molecule has 1 atom stereocenters. The first-order valence-corrected chi connectivity index (χ1v) is 6.66. The van der Waals surface area contributed by atoms with Crippen molar-refractivity contribution < 1.29 is 14.6 Å². The Morgan fingerprint density at radius 3 is 3.00 bits per heavy atom. The molecule has 0 saturated carbocycles. The highest BCUT2D eigenvalue weighted by Crippen LogP contribution is 2.10. The molecule has 112 valence electrons. The van der Waals surface area contributed by atoms with E-state index in [4.69, 9.17) is 9.84 Å². The van der Waals surface area contributed by atoms with Gasteiger partial charge in [-0.05, 0) is 32.4 Å². The minimum atomic E-state index is -0.573. The van der Waals surface area contributed by atoms with E-state index >= 15 is 0 Å². The molecule has 6 nitrogen and oxygen atoms in total. The van der Waals surface area contributed by atoms with Crippen molar-refractivity contribution in [2.24, 2.45) is 0 Å². The lowest BCUT2D eigenvalue weighted by Gasteiger charge is -2.28. The second kappa shape index (κ2) is 7.81. The van der Waals surface area contributed by atoms with Crippen LogP contribution in [0, 0.1) is 0 Å². The molecule has 0 fully saturated rings. The molecule has 0 aliphatic heterocycles. The average molecular weight is 281 g/mol. The van der Waals surface area contributed by atoms with E-state index in [-0.39, 0.29) is 12.5 Å². The van der Waals surface area contributed by atoms with Gasteiger partial charge in [-0.2, -0.15) is 5.10 Å². The SMILES string of the molecule is CCn1nccc1/C=C/C(=O)NC(C)(CCO)COC. The number of rotatable bonds is 8. The van der Waals surface area contributed by atoms with Crippen LogP contribution >= 0.6 is 0 Å². The summed E-state index contributed by atoms with van der Waals surface area (Å²) in [6.45, 7) is 4.92. The first-order valence-electron chi connectivity index (χ1n) is 6.66. The molecule has 0 aliphatic carbocycles. The predicted molar refractivity (Wildman–Crippen MR) is 77.1 cm³/mol. The lowest BCUT2D eigenvalue weighted by Crippen LogP contribution is -2.49. The summed E-state index contributed by atoms with van der Waals surface area (Å²) < 4.78 is 6.88. The van der Waals surface area contributed by atoms with E-state index in [1.165, 1.54) is 6.08 Å². The fourth-order valence-electron chi connectivity index (χ4n) is 1.98. The zero-order valence-electron chi connectivity index (χ0n) is 12.3. The van der Waals surface area contributed by atoms with Gasteiger partial charge < -0.3 is 15.2 Å². The number of aryl methyl sites for hydroxylation is 1. The van der Waals surface area contributed by atoms with Crippen molar-refractivity contribution in [3.63, 3.8) is 0 Å². The fourth-order valence-corrected chi connectivity index (χ4v) is 1.98. The quantitative estimate of drug-likeness (QED) is 0.692. The third-order valence-electron chi connectivity index (χ3n) is 3.01. The van der Waals surface area contributed by atoms with E-state index < -0.39 is 5.54 Å². The molecule has 0 spiro atoms. The van der Waals surface area contributed by atoms with Gasteiger partial charge in [0.1, 0.15) is 0 Å². The van der Waals surface area contributed by atoms with Crippen LogP contribution in [0.25, 0.3) is 6.08 Å². The second-order valence-electron chi connectivity index (χ2n) is 4.86. The predicted octanol–water partition coefficient (Wildman–Crippen LogP) is 0.820. The van der Waals surface area contributed by atoms with Crippen molar-refractivity contribution in [2.75, 3.05) is 20.3 Å². The summed E-state index contributed by atoms with van der Waals surface area (Å²) in [6, 6.07) is 1.84. The number of aromatic nitrogens is 2. The number of amides is 1. The number of methoxy groups -OCH3 is 1. The minimum Gasteiger partial charge on any atom is -0.396 e. The normalized spacial score (nSPS) is 14.4. The monoisotopic (exact) mass is 281 g/mol. The van der Waals surface area contributed by atoms with Crippen molar-refractivity contribution in [1.82, 2.24) is 15.1 Å². The van der Waals surface area contributed by atoms with Crippen LogP contribution in [0.2, 0.25) is 0 Å². The van der Waals surface area contributed by atoms with Crippen LogP contribution in [-0.2, 0) is 16.1 Å². The van der Waals surface area contributed by atoms with E-state index in [1.807, 2.05) is 19.9 Å². The summed E-state index contributed by atoms with van der Waals surface area (Å²) >= 11 is 0. The van der Waals surface area contributed by atoms with Gasteiger partial charge in [-0.25, -0.2) is 0 Å². The molecule has 1 heterocycles. The maximum Gasteiger partial charge on any atom is 0.244 e. The highest BCUT2D eigenvalue weighted by molar-refractivity contribution is 5.92. The van der Waals surface area contributed by atoms with E-state index in [1.54, 1.807) is 24.1 Å². The van der Waals surface area contributed by atoms with Crippen LogP contribution in [-0.4, -0.2) is 46.7 Å². The molecule has 1 rings (SSSR count). The smallest absolute Gasteiger partial charge is 0.244 e. The molecule has 0 saturated heterocycles. The third-order valence-corrected chi connectivity index (χ3v) is 3.01. The van der Waals surface area contributed by atoms with Gasteiger partial charge in [-0.1, -0.05) is 0 Å². The van der Waals surface area contributed by atoms with Crippen molar-refractivity contribution >= 4 is 12.0 Å². The van der Waals surface area contributed by atoms with E-state index in [2.05, 4.69) is 10.4 Å². The summed E-state index contributed by atoms with van der Waals surface area (Å²) in [5.41, 5.74) is 0.300. The summed E-state index contributed by atoms with van der Waals surface area (Å²) in [5.74, 6) is -0.221. The summed E-state index contributed by atoms with van der Waals surface area (Å²) in [6.07, 6.45) is 5.32. The number of aliphatic hydroxyl groups is 1. The Bertz CT molecular complexity index is 448. The van der Waals surface area contributed by atoms with Gasteiger partial charge in [0, 0.05) is 32.5 Å². The molecule has 1 amide bonds. The Morgan fingerprint density at radius 2 is 2.40 bits per heavy atom. The molecule has 1 unspecified atom stereocenters. The van der Waals surface area contributed by atoms with Crippen LogP contribution in [0.15, 0.2) is 18.3 Å². The maximum atomic E-state index is 11.9. The van der Waals surface area contributed by atoms with Gasteiger partial charge >= 0.3 is 0 Å². The molecule has 1 aromatic rings. The van der Waals surface area contributed by atoms with E-state index in [0.29, 0.717) is 13.0 Å². The van der Waals surface area contributed by atoms with Gasteiger partial charge in [0.05, 0.1) is 17.8 Å². The molecule has 0 aliphatic rings. The fraction of sp³-hybridized carbons (Fsp3) is 0.571. The van der Waals surface area contributed by atoms with Gasteiger partial charge in [-0.3, -0.25) is 9.48 Å². The maximum absolute atomic E-state index is 11.9. The molecule has 0 aromatic carbocycles. The Hall–Kier alpha value is -1.66. The number of nitrogens with zero attached hydrogens (tertiary/aromatic N) is 2. The standard InChI is InChI=1S/C14H23N3O3/c1-4-17-12(7-9-15-17)5-6-13(19)16-14(2,8-10-18)11-20-3/h5-7,9,18H,4,8,10-11H2,1-3H3,(H,16,19)/b6-5+. The molecule has 2 N–H and O–H groups in total. The lowest BCUT2D eigenvalue weighted by atomic mass is 9.99. The minimum absolute atomic E-state index is 0.00748. The molecule has 1 aromatic heterocycles. The Kier molecular flexibility index (Phi) is 6.41. The molecule has 6 heteroatoms. The Balaban J connectivity index is 2.66. The van der Waals surface area contributed by atoms with Crippen molar-refractivity contribution in [2.45, 2.75) is 32.4 Å². The highest BCUT2D eigenvalue weighted by atomic mass is 16.5. The van der Waals surface area contributed by atoms with E-state index in [9.17, 15) is 4.79 Å². The number of hydrogen-bond acceptors (Lipinski definition) is 4. The molecular weight excluding hydrogens is 258 g/mol. The van der Waals surface area contributed by atoms with Gasteiger partial charge in [-0.15, -0.1) is 0 Å². The molecular formula is C14H23N3O3. The molecule has 0 radical (unpaired) electrons. The number of ether oxygens (including phenoxy) is 1. The van der Waals surface area contributed by atoms with Gasteiger partial charge in [0.2, 0.25) is 5.91 Å². The number of carbonyl (C=O) groups is 1. The van der Waals surface area contributed by atoms with Gasteiger partial charge in [0.25, 0.3) is 0 Å². The van der Waals surface area contributed by atoms with E-state index in [0.717, 1.165) is 12.2 Å². The summed E-state index contributed by atoms with van der Waals surface area (Å²) in [4.78, 5) is 11.9. The van der Waals surface area contributed by atoms with Crippen molar-refractivity contribution in [3.05, 3.63) is 24.0 Å². The van der Waals surface area contributed by atoms with Crippen molar-refractivity contribution in [3.8, 4) is 0 Å². The molecule has 0 bridgehead atoms. The highest BCUT2D eigenvalue weighted by Gasteiger charge is 2.24. The van der Waals surface area contributed by atoms with Crippen LogP contribution in [0.3, 0.4) is 0 Å². The van der Waals surface area contributed by atoms with Crippen molar-refractivity contribution in [1.29, 1.82) is 0 Å². The van der Waals surface area contributed by atoms with Crippen LogP contribution in [0.1, 0.15) is 26.0 Å². The molecule has 20 heavy (non-hydrogen) atoms. The average Bonchev–Trinajstić information content (AvgIpc) is 2.84. The topological polar surface area (TPSA) is 76.4 Å². The second-order valence-corrected chi connectivity index (χ2v) is 4.86. The van der Waals surface area contributed by atoms with Crippen LogP contribution < -0.4 is 5.32 Å². The third kappa shape index (κ3) is 4.79. The Labute approximate surface area is 119 Å².